The van der Waals surface area contributed by atoms with Crippen LogP contribution in [-0.2, 0) is 11.3 Å². The maximum absolute atomic E-state index is 12.9. The van der Waals surface area contributed by atoms with E-state index in [1.165, 1.54) is 6.26 Å². The van der Waals surface area contributed by atoms with Crippen LogP contribution in [0.3, 0.4) is 0 Å². The molecule has 3 aromatic rings. The van der Waals surface area contributed by atoms with Gasteiger partial charge in [-0.15, -0.1) is 0 Å². The molecular formula is C25H29N3O3. The van der Waals surface area contributed by atoms with Gasteiger partial charge in [-0.2, -0.15) is 0 Å². The van der Waals surface area contributed by atoms with Crippen molar-refractivity contribution in [3.63, 3.8) is 0 Å². The van der Waals surface area contributed by atoms with Crippen molar-refractivity contribution in [2.45, 2.75) is 32.9 Å². The molecule has 0 radical (unpaired) electrons. The van der Waals surface area contributed by atoms with Crippen molar-refractivity contribution in [3.05, 3.63) is 83.8 Å². The summed E-state index contributed by atoms with van der Waals surface area (Å²) in [5.41, 5.74) is 3.67. The number of amides is 2. The Morgan fingerprint density at radius 3 is 2.39 bits per heavy atom. The van der Waals surface area contributed by atoms with Crippen molar-refractivity contribution in [1.82, 2.24) is 4.90 Å². The fourth-order valence-corrected chi connectivity index (χ4v) is 3.57. The summed E-state index contributed by atoms with van der Waals surface area (Å²) >= 11 is 0. The lowest BCUT2D eigenvalue weighted by Gasteiger charge is -2.31. The van der Waals surface area contributed by atoms with Crippen LogP contribution in [0.4, 0.5) is 11.4 Å². The SMILES string of the molecule is CCC(=O)N(Cc1cc(NC(=O)c2ccco2)ccc1N(C)C)C(C)c1ccccc1. The average Bonchev–Trinajstić information content (AvgIpc) is 3.32. The predicted octanol–water partition coefficient (Wildman–Crippen LogP) is 5.10. The zero-order valence-electron chi connectivity index (χ0n) is 18.5. The van der Waals surface area contributed by atoms with E-state index >= 15 is 0 Å². The van der Waals surface area contributed by atoms with Gasteiger partial charge >= 0.3 is 0 Å². The highest BCUT2D eigenvalue weighted by Gasteiger charge is 2.22. The number of nitrogens with one attached hydrogen (secondary N) is 1. The van der Waals surface area contributed by atoms with Gasteiger partial charge in [0.05, 0.1) is 12.3 Å². The molecule has 0 saturated heterocycles. The Bertz CT molecular complexity index is 1010. The maximum Gasteiger partial charge on any atom is 0.291 e. The first-order valence-corrected chi connectivity index (χ1v) is 10.4. The quantitative estimate of drug-likeness (QED) is 0.552. The van der Waals surface area contributed by atoms with E-state index in [2.05, 4.69) is 5.32 Å². The Labute approximate surface area is 183 Å². The number of carbonyl (C=O) groups excluding carboxylic acids is 2. The number of benzene rings is 2. The molecule has 0 bridgehead atoms. The fourth-order valence-electron chi connectivity index (χ4n) is 3.57. The molecule has 0 fully saturated rings. The first kappa shape index (κ1) is 22.2. The van der Waals surface area contributed by atoms with Crippen molar-refractivity contribution in [2.75, 3.05) is 24.3 Å². The van der Waals surface area contributed by atoms with E-state index in [-0.39, 0.29) is 23.6 Å². The second-order valence-corrected chi connectivity index (χ2v) is 7.63. The van der Waals surface area contributed by atoms with Gasteiger partial charge in [-0.25, -0.2) is 0 Å². The minimum Gasteiger partial charge on any atom is -0.459 e. The van der Waals surface area contributed by atoms with E-state index in [1.807, 2.05) is 86.3 Å². The molecular weight excluding hydrogens is 390 g/mol. The summed E-state index contributed by atoms with van der Waals surface area (Å²) < 4.78 is 5.18. The van der Waals surface area contributed by atoms with E-state index < -0.39 is 0 Å². The van der Waals surface area contributed by atoms with Crippen molar-refractivity contribution in [2.24, 2.45) is 0 Å². The van der Waals surface area contributed by atoms with Crippen LogP contribution in [0.5, 0.6) is 0 Å². The molecule has 2 aromatic carbocycles. The second kappa shape index (κ2) is 9.98. The van der Waals surface area contributed by atoms with Gasteiger partial charge < -0.3 is 19.5 Å². The molecule has 0 aliphatic carbocycles. The Kier molecular flexibility index (Phi) is 7.13. The molecule has 0 saturated carbocycles. The van der Waals surface area contributed by atoms with E-state index in [4.69, 9.17) is 4.42 Å². The summed E-state index contributed by atoms with van der Waals surface area (Å²) in [5.74, 6) is 0.0116. The molecule has 6 heteroatoms. The Morgan fingerprint density at radius 1 is 1.03 bits per heavy atom. The Morgan fingerprint density at radius 2 is 1.77 bits per heavy atom. The van der Waals surface area contributed by atoms with Gasteiger partial charge in [0.15, 0.2) is 5.76 Å². The van der Waals surface area contributed by atoms with Gasteiger partial charge in [0.1, 0.15) is 0 Å². The van der Waals surface area contributed by atoms with E-state index in [1.54, 1.807) is 12.1 Å². The molecule has 6 nitrogen and oxygen atoms in total. The molecule has 1 atom stereocenters. The number of rotatable bonds is 8. The number of hydrogen-bond acceptors (Lipinski definition) is 4. The van der Waals surface area contributed by atoms with Crippen LogP contribution in [0, 0.1) is 0 Å². The summed E-state index contributed by atoms with van der Waals surface area (Å²) in [6.07, 6.45) is 1.89. The predicted molar refractivity (Wildman–Crippen MR) is 123 cm³/mol. The molecule has 0 aliphatic rings. The van der Waals surface area contributed by atoms with E-state index in [0.717, 1.165) is 16.8 Å². The monoisotopic (exact) mass is 419 g/mol. The van der Waals surface area contributed by atoms with Crippen LogP contribution in [-0.4, -0.2) is 30.8 Å². The van der Waals surface area contributed by atoms with Crippen molar-refractivity contribution >= 4 is 23.2 Å². The van der Waals surface area contributed by atoms with Crippen LogP contribution >= 0.6 is 0 Å². The molecule has 0 spiro atoms. The zero-order valence-corrected chi connectivity index (χ0v) is 18.5. The van der Waals surface area contributed by atoms with Gasteiger partial charge in [0.2, 0.25) is 5.91 Å². The number of furan rings is 1. The third-order valence-corrected chi connectivity index (χ3v) is 5.28. The Balaban J connectivity index is 1.91. The van der Waals surface area contributed by atoms with Crippen LogP contribution < -0.4 is 10.2 Å². The zero-order chi connectivity index (χ0) is 22.4. The smallest absolute Gasteiger partial charge is 0.291 e. The normalized spacial score (nSPS) is 11.6. The summed E-state index contributed by atoms with van der Waals surface area (Å²) in [6.45, 7) is 4.35. The minimum absolute atomic E-state index is 0.0751. The minimum atomic E-state index is -0.312. The van der Waals surface area contributed by atoms with Gasteiger partial charge in [-0.3, -0.25) is 9.59 Å². The van der Waals surface area contributed by atoms with Crippen LogP contribution in [0.25, 0.3) is 0 Å². The maximum atomic E-state index is 12.9. The second-order valence-electron chi connectivity index (χ2n) is 7.63. The Hall–Kier alpha value is -3.54. The number of nitrogens with zero attached hydrogens (tertiary/aromatic N) is 2. The third-order valence-electron chi connectivity index (χ3n) is 5.28. The number of anilines is 2. The standard InChI is InChI=1S/C25H29N3O3/c1-5-24(29)28(18(2)19-10-7-6-8-11-19)17-20-16-21(13-14-22(20)27(3)4)26-25(30)23-12-9-15-31-23/h6-16,18H,5,17H2,1-4H3,(H,26,30). The molecule has 1 N–H and O–H groups in total. The first-order chi connectivity index (χ1) is 14.9. The lowest BCUT2D eigenvalue weighted by atomic mass is 10.0. The highest BCUT2D eigenvalue weighted by atomic mass is 16.3. The van der Waals surface area contributed by atoms with Gasteiger partial charge in [-0.1, -0.05) is 37.3 Å². The fraction of sp³-hybridized carbons (Fsp3) is 0.280. The molecule has 0 aliphatic heterocycles. The first-order valence-electron chi connectivity index (χ1n) is 10.4. The van der Waals surface area contributed by atoms with Gasteiger partial charge in [0.25, 0.3) is 5.91 Å². The largest absolute Gasteiger partial charge is 0.459 e. The van der Waals surface area contributed by atoms with Gasteiger partial charge in [-0.05, 0) is 48.4 Å². The van der Waals surface area contributed by atoms with E-state index in [0.29, 0.717) is 18.7 Å². The molecule has 1 unspecified atom stereocenters. The summed E-state index contributed by atoms with van der Waals surface area (Å²) in [5, 5.41) is 2.87. The van der Waals surface area contributed by atoms with Crippen LogP contribution in [0.15, 0.2) is 71.3 Å². The van der Waals surface area contributed by atoms with Crippen molar-refractivity contribution in [3.8, 4) is 0 Å². The summed E-state index contributed by atoms with van der Waals surface area (Å²) in [7, 11) is 3.93. The average molecular weight is 420 g/mol. The molecule has 162 valence electrons. The lowest BCUT2D eigenvalue weighted by Crippen LogP contribution is -2.33. The molecule has 3 rings (SSSR count). The van der Waals surface area contributed by atoms with E-state index in [9.17, 15) is 9.59 Å². The third kappa shape index (κ3) is 5.34. The van der Waals surface area contributed by atoms with Crippen molar-refractivity contribution in [1.29, 1.82) is 0 Å². The molecule has 31 heavy (non-hydrogen) atoms. The lowest BCUT2D eigenvalue weighted by molar-refractivity contribution is -0.133. The van der Waals surface area contributed by atoms with Crippen molar-refractivity contribution < 1.29 is 14.0 Å². The topological polar surface area (TPSA) is 65.8 Å². The van der Waals surface area contributed by atoms with Gasteiger partial charge in [0, 0.05) is 38.4 Å². The summed E-state index contributed by atoms with van der Waals surface area (Å²) in [6, 6.07) is 18.9. The van der Waals surface area contributed by atoms with Crippen LogP contribution in [0.2, 0.25) is 0 Å². The summed E-state index contributed by atoms with van der Waals surface area (Å²) in [4.78, 5) is 29.1. The van der Waals surface area contributed by atoms with Crippen LogP contribution in [0.1, 0.15) is 48.0 Å². The molecule has 1 heterocycles. The molecule has 2 amide bonds. The highest BCUT2D eigenvalue weighted by molar-refractivity contribution is 6.02. The number of carbonyl (C=O) groups is 2. The highest BCUT2D eigenvalue weighted by Crippen LogP contribution is 2.29. The number of hydrogen-bond donors (Lipinski definition) is 1. The molecule has 1 aromatic heterocycles.